The summed E-state index contributed by atoms with van der Waals surface area (Å²) in [6.07, 6.45) is -4.12. The highest BCUT2D eigenvalue weighted by atomic mass is 19.4. The maximum absolute atomic E-state index is 12.7. The minimum Gasteiger partial charge on any atom is -0.491 e. The molecule has 3 rings (SSSR count). The van der Waals surface area contributed by atoms with E-state index in [-0.39, 0.29) is 24.6 Å². The second-order valence-corrected chi connectivity index (χ2v) is 6.49. The van der Waals surface area contributed by atoms with Crippen molar-refractivity contribution in [1.82, 2.24) is 20.3 Å². The molecule has 0 aliphatic heterocycles. The van der Waals surface area contributed by atoms with E-state index in [4.69, 9.17) is 4.74 Å². The number of aliphatic hydroxyl groups is 1. The molecule has 1 heterocycles. The maximum Gasteiger partial charge on any atom is 0.416 e. The van der Waals surface area contributed by atoms with Crippen molar-refractivity contribution in [2.75, 3.05) is 13.2 Å². The SMILES string of the molecule is O=C(NCC(O)COc1cccc(C(F)(F)F)c1)c1cn(Cc2ccccc2)nn1. The smallest absolute Gasteiger partial charge is 0.416 e. The highest BCUT2D eigenvalue weighted by Gasteiger charge is 2.30. The summed E-state index contributed by atoms with van der Waals surface area (Å²) in [7, 11) is 0. The Morgan fingerprint density at radius 2 is 1.93 bits per heavy atom. The molecule has 2 N–H and O–H groups in total. The summed E-state index contributed by atoms with van der Waals surface area (Å²) in [6, 6.07) is 13.9. The molecule has 0 aliphatic carbocycles. The summed E-state index contributed by atoms with van der Waals surface area (Å²) in [5.74, 6) is -0.563. The van der Waals surface area contributed by atoms with Gasteiger partial charge in [0.2, 0.25) is 0 Å². The summed E-state index contributed by atoms with van der Waals surface area (Å²) in [5.41, 5.74) is 0.231. The third-order valence-electron chi connectivity index (χ3n) is 4.06. The average Bonchev–Trinajstić information content (AvgIpc) is 3.19. The van der Waals surface area contributed by atoms with Crippen molar-refractivity contribution in [2.24, 2.45) is 0 Å². The summed E-state index contributed by atoms with van der Waals surface area (Å²) >= 11 is 0. The number of rotatable bonds is 8. The number of nitrogens with one attached hydrogen (secondary N) is 1. The van der Waals surface area contributed by atoms with E-state index < -0.39 is 23.8 Å². The second kappa shape index (κ2) is 9.40. The lowest BCUT2D eigenvalue weighted by atomic mass is 10.2. The zero-order valence-electron chi connectivity index (χ0n) is 15.7. The zero-order chi connectivity index (χ0) is 21.6. The Labute approximate surface area is 170 Å². The topological polar surface area (TPSA) is 89.3 Å². The van der Waals surface area contributed by atoms with E-state index in [9.17, 15) is 23.1 Å². The number of aliphatic hydroxyl groups excluding tert-OH is 1. The third kappa shape index (κ3) is 6.05. The monoisotopic (exact) mass is 420 g/mol. The number of alkyl halides is 3. The molecule has 7 nitrogen and oxygen atoms in total. The predicted molar refractivity (Wildman–Crippen MR) is 101 cm³/mol. The van der Waals surface area contributed by atoms with Crippen molar-refractivity contribution in [3.05, 3.63) is 77.6 Å². The summed E-state index contributed by atoms with van der Waals surface area (Å²) < 4.78 is 44.8. The van der Waals surface area contributed by atoms with Crippen LogP contribution in [0.15, 0.2) is 60.8 Å². The molecule has 1 aromatic heterocycles. The second-order valence-electron chi connectivity index (χ2n) is 6.49. The molecule has 2 aromatic carbocycles. The van der Waals surface area contributed by atoms with Crippen LogP contribution in [0, 0.1) is 0 Å². The van der Waals surface area contributed by atoms with E-state index in [1.165, 1.54) is 23.0 Å². The van der Waals surface area contributed by atoms with Crippen molar-refractivity contribution in [1.29, 1.82) is 0 Å². The molecular weight excluding hydrogens is 401 g/mol. The molecule has 1 unspecified atom stereocenters. The first-order valence-corrected chi connectivity index (χ1v) is 9.01. The van der Waals surface area contributed by atoms with Gasteiger partial charge in [-0.05, 0) is 23.8 Å². The Morgan fingerprint density at radius 3 is 2.67 bits per heavy atom. The maximum atomic E-state index is 12.7. The minimum absolute atomic E-state index is 0.0287. The lowest BCUT2D eigenvalue weighted by Crippen LogP contribution is -2.35. The van der Waals surface area contributed by atoms with Crippen LogP contribution >= 0.6 is 0 Å². The Bertz CT molecular complexity index is 977. The van der Waals surface area contributed by atoms with Crippen LogP contribution in [-0.2, 0) is 12.7 Å². The summed E-state index contributed by atoms with van der Waals surface area (Å²) in [5, 5.41) is 20.1. The highest BCUT2D eigenvalue weighted by Crippen LogP contribution is 2.31. The van der Waals surface area contributed by atoms with Gasteiger partial charge in [0.1, 0.15) is 18.5 Å². The first-order chi connectivity index (χ1) is 14.3. The standard InChI is InChI=1S/C20H19F3N4O3/c21-20(22,23)15-7-4-8-17(9-15)30-13-16(28)10-24-19(29)18-12-27(26-25-18)11-14-5-2-1-3-6-14/h1-9,12,16,28H,10-11,13H2,(H,24,29). The Balaban J connectivity index is 1.46. The molecule has 0 saturated carbocycles. The lowest BCUT2D eigenvalue weighted by Gasteiger charge is -2.14. The molecule has 0 bridgehead atoms. The largest absolute Gasteiger partial charge is 0.491 e. The lowest BCUT2D eigenvalue weighted by molar-refractivity contribution is -0.137. The van der Waals surface area contributed by atoms with Crippen molar-refractivity contribution < 1.29 is 27.8 Å². The van der Waals surface area contributed by atoms with Gasteiger partial charge in [-0.15, -0.1) is 5.10 Å². The molecule has 158 valence electrons. The van der Waals surface area contributed by atoms with Crippen LogP contribution in [-0.4, -0.2) is 45.3 Å². The molecule has 3 aromatic rings. The van der Waals surface area contributed by atoms with Crippen molar-refractivity contribution >= 4 is 5.91 Å². The quantitative estimate of drug-likeness (QED) is 0.585. The molecule has 0 spiro atoms. The van der Waals surface area contributed by atoms with Gasteiger partial charge in [0, 0.05) is 6.54 Å². The van der Waals surface area contributed by atoms with Gasteiger partial charge in [0.15, 0.2) is 5.69 Å². The first-order valence-electron chi connectivity index (χ1n) is 9.01. The van der Waals surface area contributed by atoms with Crippen LogP contribution in [0.2, 0.25) is 0 Å². The number of carbonyl (C=O) groups excluding carboxylic acids is 1. The summed E-state index contributed by atoms with van der Waals surface area (Å²) in [4.78, 5) is 12.1. The van der Waals surface area contributed by atoms with Crippen molar-refractivity contribution in [3.8, 4) is 5.75 Å². The van der Waals surface area contributed by atoms with E-state index in [0.717, 1.165) is 17.7 Å². The molecule has 1 atom stereocenters. The highest BCUT2D eigenvalue weighted by molar-refractivity contribution is 5.91. The van der Waals surface area contributed by atoms with Crippen molar-refractivity contribution in [3.63, 3.8) is 0 Å². The van der Waals surface area contributed by atoms with Gasteiger partial charge < -0.3 is 15.2 Å². The normalized spacial score (nSPS) is 12.4. The number of ether oxygens (including phenoxy) is 1. The minimum atomic E-state index is -4.48. The van der Waals surface area contributed by atoms with Gasteiger partial charge in [-0.2, -0.15) is 13.2 Å². The number of hydrogen-bond acceptors (Lipinski definition) is 5. The number of nitrogens with zero attached hydrogens (tertiary/aromatic N) is 3. The van der Waals surface area contributed by atoms with Gasteiger partial charge in [0.25, 0.3) is 5.91 Å². The first kappa shape index (κ1) is 21.3. The van der Waals surface area contributed by atoms with Gasteiger partial charge in [0.05, 0.1) is 18.3 Å². The van der Waals surface area contributed by atoms with Gasteiger partial charge in [-0.1, -0.05) is 41.6 Å². The molecule has 0 saturated heterocycles. The van der Waals surface area contributed by atoms with E-state index in [1.807, 2.05) is 30.3 Å². The molecular formula is C20H19F3N4O3. The van der Waals surface area contributed by atoms with Crippen molar-refractivity contribution in [2.45, 2.75) is 18.8 Å². The van der Waals surface area contributed by atoms with Crippen LogP contribution in [0.3, 0.4) is 0 Å². The molecule has 0 radical (unpaired) electrons. The average molecular weight is 420 g/mol. The Hall–Kier alpha value is -3.40. The van der Waals surface area contributed by atoms with Crippen LogP contribution < -0.4 is 10.1 Å². The number of benzene rings is 2. The molecule has 1 amide bonds. The van der Waals surface area contributed by atoms with Crippen LogP contribution in [0.5, 0.6) is 5.75 Å². The summed E-state index contributed by atoms with van der Waals surface area (Å²) in [6.45, 7) is 0.000201. The van der Waals surface area contributed by atoms with E-state index in [1.54, 1.807) is 0 Å². The van der Waals surface area contributed by atoms with E-state index in [2.05, 4.69) is 15.6 Å². The number of halogens is 3. The fourth-order valence-corrected chi connectivity index (χ4v) is 2.56. The molecule has 0 aliphatic rings. The van der Waals surface area contributed by atoms with Gasteiger partial charge in [-0.3, -0.25) is 4.79 Å². The Kier molecular flexibility index (Phi) is 6.68. The van der Waals surface area contributed by atoms with Crippen LogP contribution in [0.4, 0.5) is 13.2 Å². The predicted octanol–water partition coefficient (Wildman–Crippen LogP) is 2.51. The van der Waals surface area contributed by atoms with E-state index in [0.29, 0.717) is 6.54 Å². The van der Waals surface area contributed by atoms with Crippen LogP contribution in [0.25, 0.3) is 0 Å². The fourth-order valence-electron chi connectivity index (χ4n) is 2.56. The van der Waals surface area contributed by atoms with E-state index >= 15 is 0 Å². The third-order valence-corrected chi connectivity index (χ3v) is 4.06. The number of hydrogen-bond donors (Lipinski definition) is 2. The fraction of sp³-hybridized carbons (Fsp3) is 0.250. The Morgan fingerprint density at radius 1 is 1.17 bits per heavy atom. The molecule has 10 heteroatoms. The molecule has 0 fully saturated rings. The van der Waals surface area contributed by atoms with Gasteiger partial charge in [-0.25, -0.2) is 4.68 Å². The number of amides is 1. The molecule has 30 heavy (non-hydrogen) atoms. The number of carbonyl (C=O) groups is 1. The van der Waals surface area contributed by atoms with Crippen LogP contribution in [0.1, 0.15) is 21.6 Å². The van der Waals surface area contributed by atoms with Gasteiger partial charge >= 0.3 is 6.18 Å². The number of aromatic nitrogens is 3. The zero-order valence-corrected chi connectivity index (χ0v) is 15.7.